The van der Waals surface area contributed by atoms with Crippen LogP contribution in [0.3, 0.4) is 0 Å². The second kappa shape index (κ2) is 7.25. The molecule has 1 aliphatic heterocycles. The molecule has 1 aromatic rings. The Morgan fingerprint density at radius 1 is 1.47 bits per heavy atom. The first-order valence-corrected chi connectivity index (χ1v) is 8.06. The van der Waals surface area contributed by atoms with Gasteiger partial charge in [0, 0.05) is 29.8 Å². The van der Waals surface area contributed by atoms with E-state index in [0.717, 1.165) is 22.9 Å². The molecular formula is C15H24BrN3. The fraction of sp³-hybridized carbons (Fsp3) is 0.667. The van der Waals surface area contributed by atoms with Gasteiger partial charge in [-0.3, -0.25) is 0 Å². The maximum Gasteiger partial charge on any atom is 0.128 e. The van der Waals surface area contributed by atoms with Crippen molar-refractivity contribution in [1.29, 1.82) is 0 Å². The minimum atomic E-state index is 0.765. The molecule has 3 nitrogen and oxygen atoms in total. The molecule has 0 amide bonds. The molecule has 1 unspecified atom stereocenters. The van der Waals surface area contributed by atoms with Gasteiger partial charge >= 0.3 is 0 Å². The number of hydrogen-bond donors (Lipinski definition) is 1. The summed E-state index contributed by atoms with van der Waals surface area (Å²) in [5, 5.41) is 3.44. The van der Waals surface area contributed by atoms with E-state index in [-0.39, 0.29) is 0 Å². The highest BCUT2D eigenvalue weighted by Crippen LogP contribution is 2.18. The zero-order valence-corrected chi connectivity index (χ0v) is 13.5. The Hall–Kier alpha value is -0.610. The molecule has 2 rings (SSSR count). The quantitative estimate of drug-likeness (QED) is 0.834. The molecule has 0 radical (unpaired) electrons. The first-order chi connectivity index (χ1) is 9.16. The van der Waals surface area contributed by atoms with E-state index in [0.29, 0.717) is 0 Å². The van der Waals surface area contributed by atoms with Gasteiger partial charge in [0.25, 0.3) is 0 Å². The van der Waals surface area contributed by atoms with Crippen LogP contribution in [0, 0.1) is 6.92 Å². The van der Waals surface area contributed by atoms with Gasteiger partial charge in [0.05, 0.1) is 0 Å². The monoisotopic (exact) mass is 325 g/mol. The topological polar surface area (TPSA) is 28.2 Å². The van der Waals surface area contributed by atoms with Crippen molar-refractivity contribution in [2.24, 2.45) is 0 Å². The van der Waals surface area contributed by atoms with E-state index in [2.05, 4.69) is 51.0 Å². The van der Waals surface area contributed by atoms with Crippen LogP contribution in [0.15, 0.2) is 16.7 Å². The lowest BCUT2D eigenvalue weighted by Crippen LogP contribution is -2.38. The van der Waals surface area contributed by atoms with Crippen LogP contribution < -0.4 is 5.32 Å². The van der Waals surface area contributed by atoms with Crippen LogP contribution in [0.4, 0.5) is 5.82 Å². The van der Waals surface area contributed by atoms with Gasteiger partial charge in [-0.15, -0.1) is 0 Å². The third-order valence-corrected chi connectivity index (χ3v) is 4.33. The summed E-state index contributed by atoms with van der Waals surface area (Å²) in [7, 11) is 0. The first kappa shape index (κ1) is 14.8. The van der Waals surface area contributed by atoms with Gasteiger partial charge in [0.2, 0.25) is 0 Å². The summed E-state index contributed by atoms with van der Waals surface area (Å²) in [6.45, 7) is 7.92. The van der Waals surface area contributed by atoms with E-state index >= 15 is 0 Å². The normalized spacial score (nSPS) is 20.5. The second-order valence-electron chi connectivity index (χ2n) is 5.48. The second-order valence-corrected chi connectivity index (χ2v) is 6.40. The summed E-state index contributed by atoms with van der Waals surface area (Å²) in [5.74, 6) is 1.01. The highest BCUT2D eigenvalue weighted by molar-refractivity contribution is 9.10. The van der Waals surface area contributed by atoms with Crippen LogP contribution >= 0.6 is 15.9 Å². The molecule has 0 aromatic carbocycles. The molecule has 2 heterocycles. The Kier molecular flexibility index (Phi) is 5.64. The molecular weight excluding hydrogens is 302 g/mol. The van der Waals surface area contributed by atoms with Crippen LogP contribution in [-0.4, -0.2) is 35.6 Å². The highest BCUT2D eigenvalue weighted by atomic mass is 79.9. The third kappa shape index (κ3) is 4.46. The zero-order chi connectivity index (χ0) is 13.7. The fourth-order valence-electron chi connectivity index (χ4n) is 2.70. The van der Waals surface area contributed by atoms with Crippen LogP contribution in [0.1, 0.15) is 38.2 Å². The number of hydrogen-bond acceptors (Lipinski definition) is 3. The van der Waals surface area contributed by atoms with E-state index in [1.807, 2.05) is 6.20 Å². The maximum absolute atomic E-state index is 4.41. The van der Waals surface area contributed by atoms with Gasteiger partial charge in [-0.25, -0.2) is 4.98 Å². The first-order valence-electron chi connectivity index (χ1n) is 7.27. The molecule has 0 bridgehead atoms. The van der Waals surface area contributed by atoms with Crippen molar-refractivity contribution in [2.75, 3.05) is 25.0 Å². The van der Waals surface area contributed by atoms with Crippen molar-refractivity contribution < 1.29 is 0 Å². The van der Waals surface area contributed by atoms with Crippen LogP contribution in [-0.2, 0) is 0 Å². The summed E-state index contributed by atoms with van der Waals surface area (Å²) in [5.41, 5.74) is 1.20. The van der Waals surface area contributed by atoms with Crippen molar-refractivity contribution in [3.63, 3.8) is 0 Å². The summed E-state index contributed by atoms with van der Waals surface area (Å²) >= 11 is 3.44. The predicted molar refractivity (Wildman–Crippen MR) is 84.7 cm³/mol. The Morgan fingerprint density at radius 3 is 3.05 bits per heavy atom. The van der Waals surface area contributed by atoms with Gasteiger partial charge in [-0.2, -0.15) is 0 Å². The van der Waals surface area contributed by atoms with E-state index in [1.165, 1.54) is 44.3 Å². The molecule has 1 N–H and O–H groups in total. The Balaban J connectivity index is 1.71. The molecule has 0 saturated carbocycles. The van der Waals surface area contributed by atoms with Gasteiger partial charge in [-0.1, -0.05) is 6.42 Å². The molecule has 1 atom stereocenters. The maximum atomic E-state index is 4.41. The summed E-state index contributed by atoms with van der Waals surface area (Å²) in [6, 6.07) is 2.86. The van der Waals surface area contributed by atoms with Gasteiger partial charge in [-0.05, 0) is 67.2 Å². The van der Waals surface area contributed by atoms with E-state index < -0.39 is 0 Å². The van der Waals surface area contributed by atoms with Gasteiger partial charge in [0.1, 0.15) is 5.82 Å². The van der Waals surface area contributed by atoms with Crippen molar-refractivity contribution >= 4 is 21.7 Å². The molecule has 19 heavy (non-hydrogen) atoms. The standard InChI is InChI=1S/C15H24BrN3/c1-12-10-14(16)11-18-15(12)17-7-5-9-19-8-4-3-6-13(19)2/h10-11,13H,3-9H2,1-2H3,(H,17,18). The van der Waals surface area contributed by atoms with Gasteiger partial charge in [0.15, 0.2) is 0 Å². The number of likely N-dealkylation sites (tertiary alicyclic amines) is 1. The highest BCUT2D eigenvalue weighted by Gasteiger charge is 2.16. The number of rotatable bonds is 5. The molecule has 0 aliphatic carbocycles. The van der Waals surface area contributed by atoms with Crippen LogP contribution in [0.25, 0.3) is 0 Å². The third-order valence-electron chi connectivity index (χ3n) is 3.90. The van der Waals surface area contributed by atoms with Crippen molar-refractivity contribution in [3.8, 4) is 0 Å². The Bertz CT molecular complexity index is 408. The summed E-state index contributed by atoms with van der Waals surface area (Å²) < 4.78 is 1.04. The average Bonchev–Trinajstić information content (AvgIpc) is 2.38. The van der Waals surface area contributed by atoms with Crippen molar-refractivity contribution in [3.05, 3.63) is 22.3 Å². The van der Waals surface area contributed by atoms with E-state index in [1.54, 1.807) is 0 Å². The zero-order valence-electron chi connectivity index (χ0n) is 12.0. The largest absolute Gasteiger partial charge is 0.370 e. The van der Waals surface area contributed by atoms with E-state index in [4.69, 9.17) is 0 Å². The molecule has 1 aromatic heterocycles. The number of piperidine rings is 1. The number of anilines is 1. The lowest BCUT2D eigenvalue weighted by atomic mass is 10.0. The Labute approximate surface area is 124 Å². The number of halogens is 1. The minimum absolute atomic E-state index is 0.765. The number of aryl methyl sites for hydroxylation is 1. The van der Waals surface area contributed by atoms with Crippen LogP contribution in [0.5, 0.6) is 0 Å². The molecule has 0 spiro atoms. The number of nitrogens with zero attached hydrogens (tertiary/aromatic N) is 2. The molecule has 1 aliphatic rings. The van der Waals surface area contributed by atoms with E-state index in [9.17, 15) is 0 Å². The Morgan fingerprint density at radius 2 is 2.32 bits per heavy atom. The summed E-state index contributed by atoms with van der Waals surface area (Å²) in [6.07, 6.45) is 7.16. The number of nitrogens with one attached hydrogen (secondary N) is 1. The molecule has 4 heteroatoms. The lowest BCUT2D eigenvalue weighted by molar-refractivity contribution is 0.160. The fourth-order valence-corrected chi connectivity index (χ4v) is 3.15. The van der Waals surface area contributed by atoms with Crippen molar-refractivity contribution in [1.82, 2.24) is 9.88 Å². The smallest absolute Gasteiger partial charge is 0.128 e. The summed E-state index contributed by atoms with van der Waals surface area (Å²) in [4.78, 5) is 7.02. The molecule has 1 saturated heterocycles. The van der Waals surface area contributed by atoms with Crippen LogP contribution in [0.2, 0.25) is 0 Å². The molecule has 1 fully saturated rings. The molecule has 106 valence electrons. The SMILES string of the molecule is Cc1cc(Br)cnc1NCCCN1CCCCC1C. The predicted octanol–water partition coefficient (Wildman–Crippen LogP) is 3.83. The lowest BCUT2D eigenvalue weighted by Gasteiger charge is -2.33. The minimum Gasteiger partial charge on any atom is -0.370 e. The number of pyridine rings is 1. The van der Waals surface area contributed by atoms with Gasteiger partial charge < -0.3 is 10.2 Å². The average molecular weight is 326 g/mol. The van der Waals surface area contributed by atoms with Crippen molar-refractivity contribution in [2.45, 2.75) is 45.6 Å². The number of aromatic nitrogens is 1.